The van der Waals surface area contributed by atoms with E-state index in [1.165, 1.54) is 4.70 Å². The van der Waals surface area contributed by atoms with Crippen molar-refractivity contribution in [3.63, 3.8) is 0 Å². The molecule has 0 fully saturated rings. The Labute approximate surface area is 109 Å². The topological polar surface area (TPSA) is 52.0 Å². The van der Waals surface area contributed by atoms with Crippen molar-refractivity contribution in [3.8, 4) is 11.3 Å². The molecule has 0 amide bonds. The Morgan fingerprint density at radius 3 is 3.06 bits per heavy atom. The van der Waals surface area contributed by atoms with Gasteiger partial charge in [0.1, 0.15) is 11.5 Å². The maximum absolute atomic E-state index is 5.81. The molecule has 1 aromatic carbocycles. The lowest BCUT2D eigenvalue weighted by molar-refractivity contribution is 0.503. The van der Waals surface area contributed by atoms with E-state index in [2.05, 4.69) is 11.1 Å². The maximum atomic E-state index is 5.81. The van der Waals surface area contributed by atoms with Crippen LogP contribution in [0.4, 0.5) is 0 Å². The maximum Gasteiger partial charge on any atom is 0.134 e. The van der Waals surface area contributed by atoms with E-state index >= 15 is 0 Å². The van der Waals surface area contributed by atoms with Crippen LogP contribution >= 0.6 is 11.3 Å². The molecule has 0 radical (unpaired) electrons. The molecule has 0 saturated carbocycles. The van der Waals surface area contributed by atoms with Gasteiger partial charge in [-0.15, -0.1) is 11.3 Å². The van der Waals surface area contributed by atoms with Crippen LogP contribution in [0.15, 0.2) is 40.3 Å². The zero-order valence-corrected chi connectivity index (χ0v) is 10.9. The van der Waals surface area contributed by atoms with Gasteiger partial charge in [0, 0.05) is 18.0 Å². The predicted molar refractivity (Wildman–Crippen MR) is 74.7 cm³/mol. The number of aromatic nitrogens is 1. The van der Waals surface area contributed by atoms with Crippen molar-refractivity contribution in [2.24, 2.45) is 5.73 Å². The molecule has 0 bridgehead atoms. The van der Waals surface area contributed by atoms with Gasteiger partial charge in [0.25, 0.3) is 0 Å². The summed E-state index contributed by atoms with van der Waals surface area (Å²) in [6.07, 6.45) is 0.767. The summed E-state index contributed by atoms with van der Waals surface area (Å²) < 4.78 is 6.99. The van der Waals surface area contributed by atoms with Crippen LogP contribution in [0.3, 0.4) is 0 Å². The number of nitrogens with zero attached hydrogens (tertiary/aromatic N) is 1. The van der Waals surface area contributed by atoms with Crippen molar-refractivity contribution in [1.29, 1.82) is 0 Å². The van der Waals surface area contributed by atoms with Crippen molar-refractivity contribution >= 4 is 21.6 Å². The second-order valence-electron chi connectivity index (χ2n) is 4.48. The van der Waals surface area contributed by atoms with Crippen LogP contribution in [0.1, 0.15) is 12.7 Å². The standard InChI is InChI=1S/C14H14N2OS/c1-9(15)6-11-3-5-13(17-11)10-2-4-12-14(7-10)18-8-16-12/h2-5,7-9H,6,15H2,1H3. The first kappa shape index (κ1) is 11.4. The van der Waals surface area contributed by atoms with Gasteiger partial charge >= 0.3 is 0 Å². The van der Waals surface area contributed by atoms with Gasteiger partial charge < -0.3 is 10.2 Å². The minimum atomic E-state index is 0.118. The van der Waals surface area contributed by atoms with Crippen LogP contribution in [-0.4, -0.2) is 11.0 Å². The van der Waals surface area contributed by atoms with Gasteiger partial charge in [-0.25, -0.2) is 4.98 Å². The van der Waals surface area contributed by atoms with Crippen LogP contribution in [0.5, 0.6) is 0 Å². The average molecular weight is 258 g/mol. The van der Waals surface area contributed by atoms with Gasteiger partial charge in [0.05, 0.1) is 15.7 Å². The van der Waals surface area contributed by atoms with Gasteiger partial charge in [0.15, 0.2) is 0 Å². The summed E-state index contributed by atoms with van der Waals surface area (Å²) in [5, 5.41) is 0. The number of rotatable bonds is 3. The molecule has 1 unspecified atom stereocenters. The highest BCUT2D eigenvalue weighted by Crippen LogP contribution is 2.27. The SMILES string of the molecule is CC(N)Cc1ccc(-c2ccc3ncsc3c2)o1. The third-order valence-corrected chi connectivity index (χ3v) is 3.59. The fourth-order valence-corrected chi connectivity index (χ4v) is 2.68. The Balaban J connectivity index is 1.95. The molecule has 0 aliphatic heterocycles. The van der Waals surface area contributed by atoms with Crippen LogP contribution in [0.25, 0.3) is 21.5 Å². The van der Waals surface area contributed by atoms with Crippen LogP contribution in [0, 0.1) is 0 Å². The van der Waals surface area contributed by atoms with Crippen molar-refractivity contribution < 1.29 is 4.42 Å². The van der Waals surface area contributed by atoms with E-state index in [4.69, 9.17) is 10.2 Å². The molecule has 0 aliphatic carbocycles. The van der Waals surface area contributed by atoms with Crippen molar-refractivity contribution in [2.75, 3.05) is 0 Å². The zero-order valence-electron chi connectivity index (χ0n) is 10.1. The molecule has 2 aromatic heterocycles. The van der Waals surface area contributed by atoms with Crippen LogP contribution < -0.4 is 5.73 Å². The summed E-state index contributed by atoms with van der Waals surface area (Å²) in [5.41, 5.74) is 9.74. The number of benzene rings is 1. The highest BCUT2D eigenvalue weighted by molar-refractivity contribution is 7.16. The minimum Gasteiger partial charge on any atom is -0.461 e. The molecule has 1 atom stereocenters. The van der Waals surface area contributed by atoms with E-state index in [-0.39, 0.29) is 6.04 Å². The Morgan fingerprint density at radius 2 is 2.22 bits per heavy atom. The summed E-state index contributed by atoms with van der Waals surface area (Å²) >= 11 is 1.64. The molecule has 2 heterocycles. The van der Waals surface area contributed by atoms with Gasteiger partial charge in [-0.05, 0) is 37.3 Å². The zero-order chi connectivity index (χ0) is 12.5. The minimum absolute atomic E-state index is 0.118. The lowest BCUT2D eigenvalue weighted by Crippen LogP contribution is -2.17. The van der Waals surface area contributed by atoms with Crippen LogP contribution in [-0.2, 0) is 6.42 Å². The molecule has 0 spiro atoms. The molecule has 92 valence electrons. The number of furan rings is 1. The molecule has 3 rings (SSSR count). The molecule has 18 heavy (non-hydrogen) atoms. The van der Waals surface area contributed by atoms with Gasteiger partial charge in [-0.3, -0.25) is 0 Å². The Hall–Kier alpha value is -1.65. The fourth-order valence-electron chi connectivity index (χ4n) is 1.97. The van der Waals surface area contributed by atoms with Crippen molar-refractivity contribution in [2.45, 2.75) is 19.4 Å². The lowest BCUT2D eigenvalue weighted by Gasteiger charge is -2.01. The first-order valence-electron chi connectivity index (χ1n) is 5.90. The second kappa shape index (κ2) is 4.55. The average Bonchev–Trinajstić information content (AvgIpc) is 2.95. The normalized spacial score (nSPS) is 13.0. The monoisotopic (exact) mass is 258 g/mol. The number of nitrogens with two attached hydrogens (primary N) is 1. The summed E-state index contributed by atoms with van der Waals surface area (Å²) in [6.45, 7) is 1.98. The largest absolute Gasteiger partial charge is 0.461 e. The summed E-state index contributed by atoms with van der Waals surface area (Å²) in [5.74, 6) is 1.82. The van der Waals surface area contributed by atoms with Crippen molar-refractivity contribution in [1.82, 2.24) is 4.98 Å². The summed E-state index contributed by atoms with van der Waals surface area (Å²) in [7, 11) is 0. The van der Waals surface area contributed by atoms with E-state index < -0.39 is 0 Å². The quantitative estimate of drug-likeness (QED) is 0.783. The van der Waals surface area contributed by atoms with E-state index in [0.29, 0.717) is 0 Å². The predicted octanol–water partition coefficient (Wildman–Crippen LogP) is 3.45. The Morgan fingerprint density at radius 1 is 1.33 bits per heavy atom. The molecular weight excluding hydrogens is 244 g/mol. The Kier molecular flexibility index (Phi) is 2.89. The van der Waals surface area contributed by atoms with Gasteiger partial charge in [-0.1, -0.05) is 0 Å². The summed E-state index contributed by atoms with van der Waals surface area (Å²) in [4.78, 5) is 4.27. The second-order valence-corrected chi connectivity index (χ2v) is 5.37. The van der Waals surface area contributed by atoms with E-state index in [1.54, 1.807) is 11.3 Å². The third-order valence-electron chi connectivity index (χ3n) is 2.80. The molecule has 2 N–H and O–H groups in total. The first-order valence-corrected chi connectivity index (χ1v) is 6.78. The molecule has 3 nitrogen and oxygen atoms in total. The van der Waals surface area contributed by atoms with E-state index in [0.717, 1.165) is 29.0 Å². The third kappa shape index (κ3) is 2.17. The van der Waals surface area contributed by atoms with Crippen LogP contribution in [0.2, 0.25) is 0 Å². The first-order chi connectivity index (χ1) is 8.72. The number of hydrogen-bond acceptors (Lipinski definition) is 4. The molecule has 4 heteroatoms. The van der Waals surface area contributed by atoms with Gasteiger partial charge in [-0.2, -0.15) is 0 Å². The number of hydrogen-bond donors (Lipinski definition) is 1. The molecule has 0 aliphatic rings. The highest BCUT2D eigenvalue weighted by atomic mass is 32.1. The summed E-state index contributed by atoms with van der Waals surface area (Å²) in [6, 6.07) is 10.3. The highest BCUT2D eigenvalue weighted by Gasteiger charge is 2.07. The molecule has 3 aromatic rings. The Bertz CT molecular complexity index is 669. The fraction of sp³-hybridized carbons (Fsp3) is 0.214. The van der Waals surface area contributed by atoms with E-state index in [9.17, 15) is 0 Å². The lowest BCUT2D eigenvalue weighted by atomic mass is 10.1. The van der Waals surface area contributed by atoms with E-state index in [1.807, 2.05) is 36.7 Å². The smallest absolute Gasteiger partial charge is 0.134 e. The van der Waals surface area contributed by atoms with Crippen molar-refractivity contribution in [3.05, 3.63) is 41.6 Å². The van der Waals surface area contributed by atoms with Gasteiger partial charge in [0.2, 0.25) is 0 Å². The number of thiazole rings is 1. The molecular formula is C14H14N2OS. The number of fused-ring (bicyclic) bond motifs is 1. The molecule has 0 saturated heterocycles.